The standard InChI is InChI=1S/C28H24Cl2N2O5S/c1-15(2)37-28(35)17-5-9-19(10-6-17)32-26(33)24(31-22-13-16(3)21(30)14-23(22)36-4)25(27(32)34)38-20-11-7-18(29)8-12-20/h5-15,31H,1-4H3. The van der Waals surface area contributed by atoms with E-state index < -0.39 is 17.8 Å². The molecule has 0 spiro atoms. The molecule has 3 aromatic rings. The van der Waals surface area contributed by atoms with Gasteiger partial charge in [0.25, 0.3) is 11.8 Å². The SMILES string of the molecule is COc1cc(Cl)c(C)cc1NC1=C(Sc2ccc(Cl)cc2)C(=O)N(c2ccc(C(=O)OC(C)C)cc2)C1=O. The molecule has 0 bridgehead atoms. The molecule has 3 aromatic carbocycles. The third-order valence-electron chi connectivity index (χ3n) is 5.52. The van der Waals surface area contributed by atoms with Crippen molar-refractivity contribution in [3.63, 3.8) is 0 Å². The Morgan fingerprint density at radius 1 is 0.974 bits per heavy atom. The molecule has 1 aliphatic rings. The van der Waals surface area contributed by atoms with Crippen LogP contribution >= 0.6 is 35.0 Å². The summed E-state index contributed by atoms with van der Waals surface area (Å²) in [4.78, 5) is 41.5. The molecule has 2 amide bonds. The number of aryl methyl sites for hydroxylation is 1. The fraction of sp³-hybridized carbons (Fsp3) is 0.179. The van der Waals surface area contributed by atoms with Crippen LogP contribution in [0.15, 0.2) is 76.2 Å². The van der Waals surface area contributed by atoms with Crippen LogP contribution in [0, 0.1) is 6.92 Å². The van der Waals surface area contributed by atoms with Crippen LogP contribution in [0.1, 0.15) is 29.8 Å². The maximum absolute atomic E-state index is 13.7. The summed E-state index contributed by atoms with van der Waals surface area (Å²) in [5.74, 6) is -1.15. The van der Waals surface area contributed by atoms with E-state index in [1.54, 1.807) is 50.2 Å². The summed E-state index contributed by atoms with van der Waals surface area (Å²) in [6, 6.07) is 16.4. The highest BCUT2D eigenvalue weighted by atomic mass is 35.5. The topological polar surface area (TPSA) is 84.9 Å². The molecule has 1 N–H and O–H groups in total. The molecule has 10 heteroatoms. The molecular formula is C28H24Cl2N2O5S. The highest BCUT2D eigenvalue weighted by molar-refractivity contribution is 8.04. The second kappa shape index (κ2) is 11.5. The molecule has 1 aliphatic heterocycles. The molecule has 4 rings (SSSR count). The minimum absolute atomic E-state index is 0.0817. The number of ether oxygens (including phenoxy) is 2. The van der Waals surface area contributed by atoms with E-state index in [-0.39, 0.29) is 16.7 Å². The molecule has 0 unspecified atom stereocenters. The Morgan fingerprint density at radius 3 is 2.24 bits per heavy atom. The molecule has 0 saturated carbocycles. The lowest BCUT2D eigenvalue weighted by atomic mass is 10.2. The predicted molar refractivity (Wildman–Crippen MR) is 150 cm³/mol. The summed E-state index contributed by atoms with van der Waals surface area (Å²) in [5, 5.41) is 4.16. The third-order valence-corrected chi connectivity index (χ3v) is 7.27. The van der Waals surface area contributed by atoms with Crippen molar-refractivity contribution < 1.29 is 23.9 Å². The number of nitrogens with zero attached hydrogens (tertiary/aromatic N) is 1. The van der Waals surface area contributed by atoms with Gasteiger partial charge in [-0.15, -0.1) is 0 Å². The van der Waals surface area contributed by atoms with Crippen molar-refractivity contribution in [3.8, 4) is 5.75 Å². The molecule has 0 fully saturated rings. The molecule has 0 atom stereocenters. The first-order chi connectivity index (χ1) is 18.1. The zero-order chi connectivity index (χ0) is 27.6. The molecule has 0 aromatic heterocycles. The number of thioether (sulfide) groups is 1. The molecular weight excluding hydrogens is 547 g/mol. The van der Waals surface area contributed by atoms with Gasteiger partial charge < -0.3 is 14.8 Å². The van der Waals surface area contributed by atoms with Crippen LogP contribution < -0.4 is 15.0 Å². The monoisotopic (exact) mass is 570 g/mol. The Balaban J connectivity index is 1.72. The second-order valence-corrected chi connectivity index (χ2v) is 10.6. The minimum atomic E-state index is -0.557. The Morgan fingerprint density at radius 2 is 1.63 bits per heavy atom. The summed E-state index contributed by atoms with van der Waals surface area (Å²) in [7, 11) is 1.49. The van der Waals surface area contributed by atoms with Crippen molar-refractivity contribution in [2.75, 3.05) is 17.3 Å². The number of carbonyl (C=O) groups excluding carboxylic acids is 3. The first kappa shape index (κ1) is 27.6. The van der Waals surface area contributed by atoms with Crippen molar-refractivity contribution in [1.82, 2.24) is 0 Å². The number of nitrogens with one attached hydrogen (secondary N) is 1. The van der Waals surface area contributed by atoms with Crippen molar-refractivity contribution in [1.29, 1.82) is 0 Å². The number of amides is 2. The van der Waals surface area contributed by atoms with E-state index in [1.165, 1.54) is 31.4 Å². The number of benzene rings is 3. The highest BCUT2D eigenvalue weighted by Gasteiger charge is 2.40. The summed E-state index contributed by atoms with van der Waals surface area (Å²) in [6.45, 7) is 5.33. The van der Waals surface area contributed by atoms with E-state index in [0.29, 0.717) is 32.7 Å². The smallest absolute Gasteiger partial charge is 0.338 e. The maximum atomic E-state index is 13.7. The fourth-order valence-corrected chi connectivity index (χ4v) is 4.87. The van der Waals surface area contributed by atoms with Gasteiger partial charge in [-0.3, -0.25) is 9.59 Å². The van der Waals surface area contributed by atoms with Crippen LogP contribution in [0.25, 0.3) is 0 Å². The fourth-order valence-electron chi connectivity index (χ4n) is 3.66. The summed E-state index contributed by atoms with van der Waals surface area (Å²) >= 11 is 13.4. The maximum Gasteiger partial charge on any atom is 0.338 e. The Hall–Kier alpha value is -3.46. The normalized spacial score (nSPS) is 13.4. The Bertz CT molecular complexity index is 1440. The lowest BCUT2D eigenvalue weighted by Gasteiger charge is -2.17. The summed E-state index contributed by atoms with van der Waals surface area (Å²) < 4.78 is 10.7. The zero-order valence-corrected chi connectivity index (χ0v) is 23.3. The predicted octanol–water partition coefficient (Wildman–Crippen LogP) is 6.86. The van der Waals surface area contributed by atoms with E-state index in [0.717, 1.165) is 27.1 Å². The molecule has 7 nitrogen and oxygen atoms in total. The van der Waals surface area contributed by atoms with Crippen LogP contribution in [0.4, 0.5) is 11.4 Å². The zero-order valence-electron chi connectivity index (χ0n) is 21.0. The Labute approximate surface area is 234 Å². The third kappa shape index (κ3) is 5.83. The summed E-state index contributed by atoms with van der Waals surface area (Å²) in [5.41, 5.74) is 1.95. The van der Waals surface area contributed by atoms with Gasteiger partial charge in [0, 0.05) is 21.0 Å². The van der Waals surface area contributed by atoms with Crippen LogP contribution in [-0.2, 0) is 14.3 Å². The molecule has 0 saturated heterocycles. The Kier molecular flexibility index (Phi) is 8.35. The first-order valence-corrected chi connectivity index (χ1v) is 13.1. The van der Waals surface area contributed by atoms with Crippen LogP contribution in [-0.4, -0.2) is 31.0 Å². The average molecular weight is 571 g/mol. The van der Waals surface area contributed by atoms with Crippen molar-refractivity contribution in [3.05, 3.63) is 92.4 Å². The number of halogens is 2. The molecule has 38 heavy (non-hydrogen) atoms. The molecule has 0 aliphatic carbocycles. The molecule has 0 radical (unpaired) electrons. The highest BCUT2D eigenvalue weighted by Crippen LogP contribution is 2.40. The number of anilines is 2. The first-order valence-electron chi connectivity index (χ1n) is 11.6. The van der Waals surface area contributed by atoms with Crippen molar-refractivity contribution in [2.45, 2.75) is 31.8 Å². The van der Waals surface area contributed by atoms with Crippen LogP contribution in [0.3, 0.4) is 0 Å². The number of rotatable bonds is 8. The van der Waals surface area contributed by atoms with Gasteiger partial charge in [-0.05, 0) is 80.9 Å². The van der Waals surface area contributed by atoms with Gasteiger partial charge in [0.05, 0.1) is 30.2 Å². The van der Waals surface area contributed by atoms with Gasteiger partial charge in [0.1, 0.15) is 16.4 Å². The average Bonchev–Trinajstić information content (AvgIpc) is 3.10. The lowest BCUT2D eigenvalue weighted by Crippen LogP contribution is -2.32. The number of carbonyl (C=O) groups is 3. The van der Waals surface area contributed by atoms with Gasteiger partial charge in [-0.1, -0.05) is 35.0 Å². The quantitative estimate of drug-likeness (QED) is 0.234. The number of methoxy groups -OCH3 is 1. The van der Waals surface area contributed by atoms with Gasteiger partial charge in [-0.25, -0.2) is 9.69 Å². The van der Waals surface area contributed by atoms with E-state index in [1.807, 2.05) is 6.92 Å². The van der Waals surface area contributed by atoms with E-state index in [4.69, 9.17) is 32.7 Å². The largest absolute Gasteiger partial charge is 0.495 e. The van der Waals surface area contributed by atoms with Gasteiger partial charge in [-0.2, -0.15) is 0 Å². The number of esters is 1. The van der Waals surface area contributed by atoms with Gasteiger partial charge in [0.15, 0.2) is 0 Å². The van der Waals surface area contributed by atoms with Crippen molar-refractivity contribution >= 4 is 64.1 Å². The summed E-state index contributed by atoms with van der Waals surface area (Å²) in [6.07, 6.45) is -0.275. The van der Waals surface area contributed by atoms with E-state index in [9.17, 15) is 14.4 Å². The van der Waals surface area contributed by atoms with E-state index >= 15 is 0 Å². The van der Waals surface area contributed by atoms with Gasteiger partial charge in [0.2, 0.25) is 0 Å². The van der Waals surface area contributed by atoms with Gasteiger partial charge >= 0.3 is 5.97 Å². The lowest BCUT2D eigenvalue weighted by molar-refractivity contribution is -0.120. The van der Waals surface area contributed by atoms with E-state index in [2.05, 4.69) is 5.32 Å². The second-order valence-electron chi connectivity index (χ2n) is 8.63. The molecule has 1 heterocycles. The number of hydrogen-bond donors (Lipinski definition) is 1. The van der Waals surface area contributed by atoms with Crippen LogP contribution in [0.2, 0.25) is 10.0 Å². The number of imide groups is 1. The van der Waals surface area contributed by atoms with Crippen molar-refractivity contribution in [2.24, 2.45) is 0 Å². The number of hydrogen-bond acceptors (Lipinski definition) is 7. The minimum Gasteiger partial charge on any atom is -0.495 e. The van der Waals surface area contributed by atoms with Crippen LogP contribution in [0.5, 0.6) is 5.75 Å². The molecule has 196 valence electrons.